The lowest BCUT2D eigenvalue weighted by Crippen LogP contribution is -2.31. The third-order valence-corrected chi connectivity index (χ3v) is 3.67. The van der Waals surface area contributed by atoms with Gasteiger partial charge in [0, 0.05) is 12.1 Å². The first-order valence-corrected chi connectivity index (χ1v) is 7.84. The van der Waals surface area contributed by atoms with Gasteiger partial charge in [0.05, 0.1) is 13.7 Å². The Morgan fingerprint density at radius 1 is 1.28 bits per heavy atom. The van der Waals surface area contributed by atoms with Crippen LogP contribution in [0.5, 0.6) is 11.5 Å². The van der Waals surface area contributed by atoms with Gasteiger partial charge in [-0.05, 0) is 24.6 Å². The molecule has 2 heterocycles. The Hall–Kier alpha value is -3.03. The number of hydrogen-bond donors (Lipinski definition) is 0. The number of amides is 1. The van der Waals surface area contributed by atoms with Crippen LogP contribution in [0.4, 0.5) is 0 Å². The standard InChI is InChI=1S/C17H18N2O6/c1-3-6-19(8-15-18-12(9-23-15)17(21)22-2)16(20)11-4-5-13-14(7-11)25-10-24-13/h4-5,7,9H,3,6,8,10H2,1-2H3. The van der Waals surface area contributed by atoms with E-state index in [-0.39, 0.29) is 30.8 Å². The molecule has 8 heteroatoms. The molecule has 1 aromatic heterocycles. The Labute approximate surface area is 144 Å². The summed E-state index contributed by atoms with van der Waals surface area (Å²) in [6.07, 6.45) is 1.98. The van der Waals surface area contributed by atoms with Crippen LogP contribution in [0.15, 0.2) is 28.9 Å². The smallest absolute Gasteiger partial charge is 0.360 e. The van der Waals surface area contributed by atoms with E-state index in [1.54, 1.807) is 23.1 Å². The maximum absolute atomic E-state index is 12.8. The maximum atomic E-state index is 12.8. The molecule has 3 rings (SSSR count). The lowest BCUT2D eigenvalue weighted by Gasteiger charge is -2.20. The number of esters is 1. The van der Waals surface area contributed by atoms with Crippen molar-refractivity contribution < 1.29 is 28.2 Å². The minimum atomic E-state index is -0.584. The third kappa shape index (κ3) is 3.57. The zero-order valence-electron chi connectivity index (χ0n) is 14.0. The Morgan fingerprint density at radius 3 is 2.84 bits per heavy atom. The van der Waals surface area contributed by atoms with Gasteiger partial charge in [-0.2, -0.15) is 0 Å². The number of methoxy groups -OCH3 is 1. The molecule has 0 saturated carbocycles. The molecule has 8 nitrogen and oxygen atoms in total. The topological polar surface area (TPSA) is 91.1 Å². The van der Waals surface area contributed by atoms with E-state index in [4.69, 9.17) is 13.9 Å². The highest BCUT2D eigenvalue weighted by Crippen LogP contribution is 2.32. The maximum Gasteiger partial charge on any atom is 0.360 e. The first-order chi connectivity index (χ1) is 12.1. The van der Waals surface area contributed by atoms with E-state index in [0.29, 0.717) is 23.6 Å². The molecule has 0 spiro atoms. The van der Waals surface area contributed by atoms with Crippen LogP contribution in [0.25, 0.3) is 0 Å². The highest BCUT2D eigenvalue weighted by atomic mass is 16.7. The molecule has 0 bridgehead atoms. The van der Waals surface area contributed by atoms with Gasteiger partial charge in [0.2, 0.25) is 12.7 Å². The van der Waals surface area contributed by atoms with E-state index in [9.17, 15) is 9.59 Å². The zero-order valence-corrected chi connectivity index (χ0v) is 14.0. The van der Waals surface area contributed by atoms with Crippen LogP contribution in [0.1, 0.15) is 40.1 Å². The van der Waals surface area contributed by atoms with Gasteiger partial charge in [-0.3, -0.25) is 4.79 Å². The molecule has 0 N–H and O–H groups in total. The largest absolute Gasteiger partial charge is 0.464 e. The number of carbonyl (C=O) groups is 2. The number of oxazole rings is 1. The predicted molar refractivity (Wildman–Crippen MR) is 85.4 cm³/mol. The van der Waals surface area contributed by atoms with Gasteiger partial charge in [-0.1, -0.05) is 6.92 Å². The minimum Gasteiger partial charge on any atom is -0.464 e. The second-order valence-electron chi connectivity index (χ2n) is 5.41. The van der Waals surface area contributed by atoms with Crippen LogP contribution < -0.4 is 9.47 Å². The van der Waals surface area contributed by atoms with E-state index in [1.807, 2.05) is 6.92 Å². The van der Waals surface area contributed by atoms with Crippen molar-refractivity contribution in [3.63, 3.8) is 0 Å². The molecule has 132 valence electrons. The van der Waals surface area contributed by atoms with Gasteiger partial charge in [-0.15, -0.1) is 0 Å². The Balaban J connectivity index is 1.77. The van der Waals surface area contributed by atoms with Crippen LogP contribution in [0.2, 0.25) is 0 Å². The summed E-state index contributed by atoms with van der Waals surface area (Å²) in [4.78, 5) is 29.9. The number of aromatic nitrogens is 1. The number of ether oxygens (including phenoxy) is 3. The van der Waals surface area contributed by atoms with E-state index >= 15 is 0 Å². The molecule has 1 aliphatic rings. The molecule has 0 radical (unpaired) electrons. The second kappa shape index (κ2) is 7.25. The van der Waals surface area contributed by atoms with E-state index in [0.717, 1.165) is 6.42 Å². The summed E-state index contributed by atoms with van der Waals surface area (Å²) in [5.41, 5.74) is 0.557. The molecule has 0 unspecified atom stereocenters. The summed E-state index contributed by atoms with van der Waals surface area (Å²) in [5.74, 6) is 0.667. The summed E-state index contributed by atoms with van der Waals surface area (Å²) in [7, 11) is 1.27. The van der Waals surface area contributed by atoms with Crippen molar-refractivity contribution >= 4 is 11.9 Å². The molecule has 2 aromatic rings. The zero-order chi connectivity index (χ0) is 17.8. The first-order valence-electron chi connectivity index (χ1n) is 7.84. The summed E-state index contributed by atoms with van der Waals surface area (Å²) >= 11 is 0. The average Bonchev–Trinajstić information content (AvgIpc) is 3.28. The summed E-state index contributed by atoms with van der Waals surface area (Å²) < 4.78 is 20.4. The molecular weight excluding hydrogens is 328 g/mol. The third-order valence-electron chi connectivity index (χ3n) is 3.67. The van der Waals surface area contributed by atoms with Gasteiger partial charge in [0.15, 0.2) is 17.2 Å². The average molecular weight is 346 g/mol. The van der Waals surface area contributed by atoms with Crippen molar-refractivity contribution in [2.24, 2.45) is 0 Å². The van der Waals surface area contributed by atoms with Gasteiger partial charge in [-0.25, -0.2) is 9.78 Å². The van der Waals surface area contributed by atoms with Crippen LogP contribution >= 0.6 is 0 Å². The molecule has 0 fully saturated rings. The molecule has 0 atom stereocenters. The fourth-order valence-electron chi connectivity index (χ4n) is 2.48. The van der Waals surface area contributed by atoms with Crippen LogP contribution in [-0.2, 0) is 11.3 Å². The molecule has 1 aromatic carbocycles. The lowest BCUT2D eigenvalue weighted by molar-refractivity contribution is 0.0594. The quantitative estimate of drug-likeness (QED) is 0.741. The van der Waals surface area contributed by atoms with Crippen molar-refractivity contribution in [1.29, 1.82) is 0 Å². The molecule has 1 amide bonds. The first kappa shape index (κ1) is 16.8. The lowest BCUT2D eigenvalue weighted by atomic mass is 10.1. The van der Waals surface area contributed by atoms with Crippen molar-refractivity contribution in [2.45, 2.75) is 19.9 Å². The van der Waals surface area contributed by atoms with Crippen LogP contribution in [-0.4, -0.2) is 42.2 Å². The summed E-state index contributed by atoms with van der Waals surface area (Å²) in [6.45, 7) is 2.79. The van der Waals surface area contributed by atoms with Gasteiger partial charge >= 0.3 is 5.97 Å². The minimum absolute atomic E-state index is 0.0736. The van der Waals surface area contributed by atoms with E-state index in [2.05, 4.69) is 9.72 Å². The molecule has 0 saturated heterocycles. The van der Waals surface area contributed by atoms with Crippen molar-refractivity contribution in [1.82, 2.24) is 9.88 Å². The number of carbonyl (C=O) groups excluding carboxylic acids is 2. The number of fused-ring (bicyclic) bond motifs is 1. The Morgan fingerprint density at radius 2 is 2.08 bits per heavy atom. The van der Waals surface area contributed by atoms with E-state index < -0.39 is 5.97 Å². The van der Waals surface area contributed by atoms with Crippen LogP contribution in [0, 0.1) is 0 Å². The summed E-state index contributed by atoms with van der Waals surface area (Å²) in [6, 6.07) is 5.05. The number of rotatable bonds is 6. The molecule has 0 aliphatic carbocycles. The predicted octanol–water partition coefficient (Wildman–Crippen LogP) is 2.24. The fourth-order valence-corrected chi connectivity index (χ4v) is 2.48. The molecular formula is C17H18N2O6. The Bertz CT molecular complexity index is 785. The SMILES string of the molecule is CCCN(Cc1nc(C(=O)OC)co1)C(=O)c1ccc2c(c1)OCO2. The van der Waals surface area contributed by atoms with Crippen molar-refractivity contribution in [2.75, 3.05) is 20.4 Å². The normalized spacial score (nSPS) is 12.1. The fraction of sp³-hybridized carbons (Fsp3) is 0.353. The monoisotopic (exact) mass is 346 g/mol. The highest BCUT2D eigenvalue weighted by Gasteiger charge is 2.22. The number of hydrogen-bond acceptors (Lipinski definition) is 7. The molecule has 25 heavy (non-hydrogen) atoms. The summed E-state index contributed by atoms with van der Waals surface area (Å²) in [5, 5.41) is 0. The van der Waals surface area contributed by atoms with Crippen molar-refractivity contribution in [3.8, 4) is 11.5 Å². The van der Waals surface area contributed by atoms with Gasteiger partial charge in [0.25, 0.3) is 5.91 Å². The second-order valence-corrected chi connectivity index (χ2v) is 5.41. The highest BCUT2D eigenvalue weighted by molar-refractivity contribution is 5.95. The van der Waals surface area contributed by atoms with Crippen LogP contribution in [0.3, 0.4) is 0 Å². The number of benzene rings is 1. The Kier molecular flexibility index (Phi) is 4.87. The van der Waals surface area contributed by atoms with E-state index in [1.165, 1.54) is 13.4 Å². The van der Waals surface area contributed by atoms with Gasteiger partial charge < -0.3 is 23.5 Å². The van der Waals surface area contributed by atoms with Crippen molar-refractivity contribution in [3.05, 3.63) is 41.6 Å². The molecule has 1 aliphatic heterocycles. The number of nitrogens with zero attached hydrogens (tertiary/aromatic N) is 2. The van der Waals surface area contributed by atoms with Gasteiger partial charge in [0.1, 0.15) is 6.26 Å².